The molecule has 0 atom stereocenters. The third kappa shape index (κ3) is 6.50. The number of benzene rings is 2. The summed E-state index contributed by atoms with van der Waals surface area (Å²) < 4.78 is 19.7. The largest absolute Gasteiger partial charge is 0.453 e. The molecule has 3 aromatic rings. The van der Waals surface area contributed by atoms with Gasteiger partial charge in [-0.2, -0.15) is 0 Å². The Hall–Kier alpha value is -4.00. The van der Waals surface area contributed by atoms with E-state index in [1.54, 1.807) is 62.5 Å². The van der Waals surface area contributed by atoms with E-state index in [1.807, 2.05) is 0 Å². The number of rotatable bonds is 7. The lowest BCUT2D eigenvalue weighted by Gasteiger charge is -2.09. The first kappa shape index (κ1) is 21.7. The zero-order valence-corrected chi connectivity index (χ0v) is 17.1. The van der Waals surface area contributed by atoms with Gasteiger partial charge >= 0.3 is 0 Å². The second-order valence-electron chi connectivity index (χ2n) is 7.03. The van der Waals surface area contributed by atoms with E-state index < -0.39 is 5.82 Å². The van der Waals surface area contributed by atoms with E-state index in [-0.39, 0.29) is 23.5 Å². The molecule has 6 nitrogen and oxygen atoms in total. The van der Waals surface area contributed by atoms with Crippen LogP contribution in [0.1, 0.15) is 19.4 Å². The molecule has 0 saturated carbocycles. The van der Waals surface area contributed by atoms with Crippen LogP contribution in [0.2, 0.25) is 0 Å². The summed E-state index contributed by atoms with van der Waals surface area (Å²) in [5.74, 6) is -0.710. The minimum absolute atomic E-state index is 0.0647. The van der Waals surface area contributed by atoms with Gasteiger partial charge in [-0.3, -0.25) is 14.6 Å². The van der Waals surface area contributed by atoms with E-state index in [0.29, 0.717) is 22.7 Å². The van der Waals surface area contributed by atoms with Crippen molar-refractivity contribution < 1.29 is 18.7 Å². The highest BCUT2D eigenvalue weighted by Gasteiger charge is 2.08. The number of amides is 2. The fraction of sp³-hybridized carbons (Fsp3) is 0.125. The first-order valence-corrected chi connectivity index (χ1v) is 9.68. The number of carbonyl (C=O) groups is 2. The summed E-state index contributed by atoms with van der Waals surface area (Å²) in [7, 11) is 0. The molecule has 0 bridgehead atoms. The summed E-state index contributed by atoms with van der Waals surface area (Å²) in [5, 5.41) is 5.49. The molecule has 1 heterocycles. The number of nitrogens with zero attached hydrogens (tertiary/aromatic N) is 1. The van der Waals surface area contributed by atoms with Crippen molar-refractivity contribution in [1.29, 1.82) is 0 Å². The molecule has 2 amide bonds. The molecule has 7 heteroatoms. The number of aromatic nitrogens is 1. The monoisotopic (exact) mass is 419 g/mol. The van der Waals surface area contributed by atoms with E-state index in [9.17, 15) is 14.0 Å². The molecule has 2 N–H and O–H groups in total. The predicted octanol–water partition coefficient (Wildman–Crippen LogP) is 5.26. The topological polar surface area (TPSA) is 80.3 Å². The van der Waals surface area contributed by atoms with E-state index in [2.05, 4.69) is 15.6 Å². The fourth-order valence-corrected chi connectivity index (χ4v) is 2.56. The Morgan fingerprint density at radius 1 is 1.03 bits per heavy atom. The van der Waals surface area contributed by atoms with Crippen molar-refractivity contribution in [1.82, 2.24) is 4.98 Å². The molecular formula is C24H22FN3O3. The molecule has 158 valence electrons. The predicted molar refractivity (Wildman–Crippen MR) is 118 cm³/mol. The minimum atomic E-state index is -0.556. The van der Waals surface area contributed by atoms with Crippen LogP contribution >= 0.6 is 0 Å². The van der Waals surface area contributed by atoms with Crippen molar-refractivity contribution in [3.05, 3.63) is 84.4 Å². The van der Waals surface area contributed by atoms with Crippen molar-refractivity contribution in [2.75, 3.05) is 10.6 Å². The van der Waals surface area contributed by atoms with Crippen LogP contribution in [0.3, 0.4) is 0 Å². The van der Waals surface area contributed by atoms with Crippen LogP contribution in [0.4, 0.5) is 15.8 Å². The SMILES string of the molecule is CC(C)C(=O)Nc1cccc(NC(=O)/C=C/c2ccc(Oc3cccnc3)c(F)c2)c1. The molecule has 0 aliphatic carbocycles. The molecule has 0 saturated heterocycles. The Morgan fingerprint density at radius 2 is 1.81 bits per heavy atom. The highest BCUT2D eigenvalue weighted by Crippen LogP contribution is 2.25. The Kier molecular flexibility index (Phi) is 7.11. The van der Waals surface area contributed by atoms with Crippen molar-refractivity contribution in [3.8, 4) is 11.5 Å². The first-order chi connectivity index (χ1) is 14.9. The van der Waals surface area contributed by atoms with Crippen LogP contribution in [-0.4, -0.2) is 16.8 Å². The van der Waals surface area contributed by atoms with Crippen LogP contribution < -0.4 is 15.4 Å². The maximum absolute atomic E-state index is 14.3. The van der Waals surface area contributed by atoms with Gasteiger partial charge in [0.1, 0.15) is 5.75 Å². The molecule has 3 rings (SSSR count). The zero-order chi connectivity index (χ0) is 22.2. The van der Waals surface area contributed by atoms with Gasteiger partial charge in [-0.05, 0) is 54.1 Å². The maximum atomic E-state index is 14.3. The van der Waals surface area contributed by atoms with Gasteiger partial charge in [0, 0.05) is 29.6 Å². The lowest BCUT2D eigenvalue weighted by Crippen LogP contribution is -2.17. The Balaban J connectivity index is 1.61. The number of anilines is 2. The van der Waals surface area contributed by atoms with Gasteiger partial charge in [-0.15, -0.1) is 0 Å². The second kappa shape index (κ2) is 10.2. The summed E-state index contributed by atoms with van der Waals surface area (Å²) >= 11 is 0. The number of ether oxygens (including phenoxy) is 1. The zero-order valence-electron chi connectivity index (χ0n) is 17.1. The summed E-state index contributed by atoms with van der Waals surface area (Å²) in [5.41, 5.74) is 1.62. The van der Waals surface area contributed by atoms with Crippen LogP contribution in [-0.2, 0) is 9.59 Å². The third-order valence-electron chi connectivity index (χ3n) is 4.17. The van der Waals surface area contributed by atoms with Crippen LogP contribution in [0.5, 0.6) is 11.5 Å². The number of hydrogen-bond donors (Lipinski definition) is 2. The number of pyridine rings is 1. The summed E-state index contributed by atoms with van der Waals surface area (Å²) in [4.78, 5) is 27.9. The van der Waals surface area contributed by atoms with Gasteiger partial charge < -0.3 is 15.4 Å². The summed E-state index contributed by atoms with van der Waals surface area (Å²) in [6, 6.07) is 14.6. The van der Waals surface area contributed by atoms with E-state index in [1.165, 1.54) is 30.5 Å². The summed E-state index contributed by atoms with van der Waals surface area (Å²) in [6.07, 6.45) is 5.88. The van der Waals surface area contributed by atoms with Crippen molar-refractivity contribution in [3.63, 3.8) is 0 Å². The van der Waals surface area contributed by atoms with Gasteiger partial charge in [-0.25, -0.2) is 4.39 Å². The number of halogens is 1. The highest BCUT2D eigenvalue weighted by molar-refractivity contribution is 6.02. The average Bonchev–Trinajstić information content (AvgIpc) is 2.75. The van der Waals surface area contributed by atoms with Gasteiger partial charge in [0.25, 0.3) is 0 Å². The molecule has 2 aromatic carbocycles. The van der Waals surface area contributed by atoms with Gasteiger partial charge in [0.2, 0.25) is 11.8 Å². The molecule has 31 heavy (non-hydrogen) atoms. The Labute approximate surface area is 179 Å². The lowest BCUT2D eigenvalue weighted by molar-refractivity contribution is -0.119. The van der Waals surface area contributed by atoms with Crippen molar-refractivity contribution >= 4 is 29.3 Å². The van der Waals surface area contributed by atoms with Gasteiger partial charge in [0.15, 0.2) is 11.6 Å². The molecule has 0 unspecified atom stereocenters. The molecular weight excluding hydrogens is 397 g/mol. The van der Waals surface area contributed by atoms with Gasteiger partial charge in [-0.1, -0.05) is 26.0 Å². The van der Waals surface area contributed by atoms with E-state index >= 15 is 0 Å². The molecule has 0 fully saturated rings. The highest BCUT2D eigenvalue weighted by atomic mass is 19.1. The van der Waals surface area contributed by atoms with Gasteiger partial charge in [0.05, 0.1) is 6.20 Å². The lowest BCUT2D eigenvalue weighted by atomic mass is 10.2. The standard InChI is InChI=1S/C24H22FN3O3/c1-16(2)24(30)28-19-6-3-5-18(14-19)27-23(29)11-9-17-8-10-22(21(25)13-17)31-20-7-4-12-26-15-20/h3-16H,1-2H3,(H,27,29)(H,28,30)/b11-9+. The summed E-state index contributed by atoms with van der Waals surface area (Å²) in [6.45, 7) is 3.60. The first-order valence-electron chi connectivity index (χ1n) is 9.68. The molecule has 0 aliphatic heterocycles. The van der Waals surface area contributed by atoms with E-state index in [0.717, 1.165) is 0 Å². The normalized spacial score (nSPS) is 10.8. The van der Waals surface area contributed by atoms with Crippen molar-refractivity contribution in [2.24, 2.45) is 5.92 Å². The third-order valence-corrected chi connectivity index (χ3v) is 4.17. The quantitative estimate of drug-likeness (QED) is 0.512. The number of hydrogen-bond acceptors (Lipinski definition) is 4. The smallest absolute Gasteiger partial charge is 0.248 e. The molecule has 0 aliphatic rings. The Morgan fingerprint density at radius 3 is 2.48 bits per heavy atom. The van der Waals surface area contributed by atoms with Crippen LogP contribution in [0.25, 0.3) is 6.08 Å². The fourth-order valence-electron chi connectivity index (χ4n) is 2.56. The second-order valence-corrected chi connectivity index (χ2v) is 7.03. The van der Waals surface area contributed by atoms with Crippen LogP contribution in [0.15, 0.2) is 73.1 Å². The molecule has 0 spiro atoms. The number of nitrogens with one attached hydrogen (secondary N) is 2. The van der Waals surface area contributed by atoms with E-state index in [4.69, 9.17) is 4.74 Å². The minimum Gasteiger partial charge on any atom is -0.453 e. The maximum Gasteiger partial charge on any atom is 0.248 e. The number of carbonyl (C=O) groups excluding carboxylic acids is 2. The van der Waals surface area contributed by atoms with Crippen molar-refractivity contribution in [2.45, 2.75) is 13.8 Å². The average molecular weight is 419 g/mol. The molecule has 1 aromatic heterocycles. The Bertz CT molecular complexity index is 1100. The van der Waals surface area contributed by atoms with Crippen LogP contribution in [0, 0.1) is 11.7 Å². The molecule has 0 radical (unpaired) electrons.